The van der Waals surface area contributed by atoms with Gasteiger partial charge in [0.15, 0.2) is 5.78 Å². The van der Waals surface area contributed by atoms with Crippen molar-refractivity contribution in [1.29, 1.82) is 0 Å². The lowest BCUT2D eigenvalue weighted by molar-refractivity contribution is -0.138. The lowest BCUT2D eigenvalue weighted by Gasteiger charge is -2.30. The molecule has 6 rings (SSSR count). The predicted octanol–water partition coefficient (Wildman–Crippen LogP) is 7.20. The maximum Gasteiger partial charge on any atom is 0.163 e. The summed E-state index contributed by atoms with van der Waals surface area (Å²) in [5.41, 5.74) is 7.58. The third-order valence-corrected chi connectivity index (χ3v) is 7.11. The summed E-state index contributed by atoms with van der Waals surface area (Å²) < 4.78 is 12.4. The third kappa shape index (κ3) is 4.55. The second-order valence-corrected chi connectivity index (χ2v) is 11.1. The molecular formula is C33H31N3O3. The van der Waals surface area contributed by atoms with E-state index in [1.54, 1.807) is 13.1 Å². The van der Waals surface area contributed by atoms with Crippen molar-refractivity contribution in [1.82, 2.24) is 15.0 Å². The van der Waals surface area contributed by atoms with Gasteiger partial charge in [0.25, 0.3) is 0 Å². The van der Waals surface area contributed by atoms with E-state index < -0.39 is 11.7 Å². The number of fused-ring (bicyclic) bond motifs is 1. The van der Waals surface area contributed by atoms with Crippen LogP contribution in [0.1, 0.15) is 50.5 Å². The Kier molecular flexibility index (Phi) is 6.15. The van der Waals surface area contributed by atoms with Gasteiger partial charge in [-0.15, -0.1) is 0 Å². The van der Waals surface area contributed by atoms with Gasteiger partial charge in [0.05, 0.1) is 34.6 Å². The van der Waals surface area contributed by atoms with Gasteiger partial charge in [-0.05, 0) is 105 Å². The molecule has 0 amide bonds. The van der Waals surface area contributed by atoms with Crippen LogP contribution in [0.3, 0.4) is 0 Å². The molecule has 0 N–H and O–H groups in total. The Hall–Kier alpha value is -4.16. The zero-order valence-corrected chi connectivity index (χ0v) is 22.9. The molecule has 0 bridgehead atoms. The Morgan fingerprint density at radius 3 is 2.59 bits per heavy atom. The van der Waals surface area contributed by atoms with E-state index in [0.717, 1.165) is 67.6 Å². The number of aromatic nitrogens is 3. The molecule has 6 heteroatoms. The molecule has 1 atom stereocenters. The zero-order chi connectivity index (χ0) is 27.3. The van der Waals surface area contributed by atoms with Crippen LogP contribution in [0.2, 0.25) is 0 Å². The van der Waals surface area contributed by atoms with Gasteiger partial charge in [-0.2, -0.15) is 0 Å². The highest BCUT2D eigenvalue weighted by atomic mass is 16.5. The molecule has 39 heavy (non-hydrogen) atoms. The summed E-state index contributed by atoms with van der Waals surface area (Å²) in [6.07, 6.45) is 3.71. The van der Waals surface area contributed by atoms with E-state index in [4.69, 9.17) is 19.4 Å². The van der Waals surface area contributed by atoms with Gasteiger partial charge in [-0.25, -0.2) is 4.98 Å². The summed E-state index contributed by atoms with van der Waals surface area (Å²) in [6, 6.07) is 18.0. The molecule has 6 nitrogen and oxygen atoms in total. The first-order valence-electron chi connectivity index (χ1n) is 13.3. The van der Waals surface area contributed by atoms with Crippen molar-refractivity contribution in [3.8, 4) is 28.3 Å². The van der Waals surface area contributed by atoms with Crippen LogP contribution in [0.5, 0.6) is 5.75 Å². The van der Waals surface area contributed by atoms with E-state index in [1.165, 1.54) is 5.56 Å². The lowest BCUT2D eigenvalue weighted by atomic mass is 9.85. The van der Waals surface area contributed by atoms with Crippen molar-refractivity contribution in [2.45, 2.75) is 52.7 Å². The predicted molar refractivity (Wildman–Crippen MR) is 154 cm³/mol. The van der Waals surface area contributed by atoms with Crippen molar-refractivity contribution >= 4 is 27.6 Å². The van der Waals surface area contributed by atoms with E-state index in [1.807, 2.05) is 70.3 Å². The molecule has 0 fully saturated rings. The normalized spacial score (nSPS) is 13.9. The topological polar surface area (TPSA) is 74.2 Å². The Labute approximate surface area is 228 Å². The first-order chi connectivity index (χ1) is 18.7. The average Bonchev–Trinajstić information content (AvgIpc) is 2.91. The summed E-state index contributed by atoms with van der Waals surface area (Å²) in [6.45, 7) is 10.2. The molecule has 1 aliphatic rings. The highest BCUT2D eigenvalue weighted by Gasteiger charge is 2.31. The van der Waals surface area contributed by atoms with E-state index in [2.05, 4.69) is 23.2 Å². The minimum absolute atomic E-state index is 0.0503. The zero-order valence-electron chi connectivity index (χ0n) is 22.9. The second-order valence-electron chi connectivity index (χ2n) is 11.1. The van der Waals surface area contributed by atoms with Crippen LogP contribution in [0.4, 0.5) is 0 Å². The fourth-order valence-corrected chi connectivity index (χ4v) is 5.51. The summed E-state index contributed by atoms with van der Waals surface area (Å²) >= 11 is 0. The van der Waals surface area contributed by atoms with Gasteiger partial charge in [-0.3, -0.25) is 14.8 Å². The molecule has 0 saturated carbocycles. The third-order valence-electron chi connectivity index (χ3n) is 7.11. The molecule has 2 aromatic carbocycles. The van der Waals surface area contributed by atoms with Crippen LogP contribution in [0.15, 0.2) is 67.0 Å². The second kappa shape index (κ2) is 9.54. The highest BCUT2D eigenvalue weighted by Crippen LogP contribution is 2.45. The summed E-state index contributed by atoms with van der Waals surface area (Å²) in [5.74, 6) is 0.789. The maximum atomic E-state index is 13.2. The average molecular weight is 518 g/mol. The van der Waals surface area contributed by atoms with Crippen molar-refractivity contribution < 1.29 is 14.3 Å². The molecular weight excluding hydrogens is 486 g/mol. The van der Waals surface area contributed by atoms with E-state index in [9.17, 15) is 4.79 Å². The Morgan fingerprint density at radius 2 is 1.85 bits per heavy atom. The number of pyridine rings is 3. The van der Waals surface area contributed by atoms with E-state index in [0.29, 0.717) is 6.61 Å². The fraction of sp³-hybridized carbons (Fsp3) is 0.273. The van der Waals surface area contributed by atoms with Crippen molar-refractivity contribution in [2.75, 3.05) is 6.61 Å². The first kappa shape index (κ1) is 25.1. The van der Waals surface area contributed by atoms with Gasteiger partial charge in [-0.1, -0.05) is 6.07 Å². The molecule has 196 valence electrons. The summed E-state index contributed by atoms with van der Waals surface area (Å²) in [7, 11) is 0. The molecule has 4 heterocycles. The monoisotopic (exact) mass is 517 g/mol. The number of hydrogen-bond acceptors (Lipinski definition) is 6. The van der Waals surface area contributed by atoms with E-state index in [-0.39, 0.29) is 5.78 Å². The van der Waals surface area contributed by atoms with Crippen molar-refractivity contribution in [3.63, 3.8) is 0 Å². The Balaban J connectivity index is 1.70. The number of hydrogen-bond donors (Lipinski definition) is 0. The molecule has 0 aliphatic carbocycles. The number of nitrogens with zero attached hydrogens (tertiary/aromatic N) is 3. The number of Topliss-reactive ketones (excluding diaryl/α,β-unsaturated/α-hetero) is 1. The quantitative estimate of drug-likeness (QED) is 0.245. The number of carbonyl (C=O) groups excluding carboxylic acids is 1. The minimum Gasteiger partial charge on any atom is -0.493 e. The molecule has 0 spiro atoms. The van der Waals surface area contributed by atoms with E-state index >= 15 is 0 Å². The minimum atomic E-state index is -0.748. The van der Waals surface area contributed by atoms with Crippen LogP contribution >= 0.6 is 0 Å². The summed E-state index contributed by atoms with van der Waals surface area (Å²) in [5, 5.41) is 1.95. The van der Waals surface area contributed by atoms with Gasteiger partial charge in [0.2, 0.25) is 0 Å². The number of benzene rings is 2. The molecule has 5 aromatic rings. The highest BCUT2D eigenvalue weighted by molar-refractivity contribution is 6.08. The van der Waals surface area contributed by atoms with Crippen molar-refractivity contribution in [2.24, 2.45) is 0 Å². The Morgan fingerprint density at radius 1 is 1.00 bits per heavy atom. The number of rotatable bonds is 5. The number of ether oxygens (including phenoxy) is 2. The number of aryl methyl sites for hydroxylation is 1. The van der Waals surface area contributed by atoms with Crippen LogP contribution in [-0.2, 0) is 16.0 Å². The standard InChI is InChI=1S/C33H31N3O3/c1-19-18-26-22(9-11-25(36-26)24-8-6-7-15-34-24)30(28(19)32(20(2)37)39-33(3,4)5)23-10-12-27-29-21(14-17-38-27)13-16-35-31(23)29/h6-13,15-16,18,32H,14,17H2,1-5H3/t32-/m1/s1. The summed E-state index contributed by atoms with van der Waals surface area (Å²) in [4.78, 5) is 27.5. The largest absolute Gasteiger partial charge is 0.493 e. The van der Waals surface area contributed by atoms with Gasteiger partial charge < -0.3 is 9.47 Å². The molecule has 0 unspecified atom stereocenters. The van der Waals surface area contributed by atoms with Crippen molar-refractivity contribution in [3.05, 3.63) is 83.7 Å². The lowest BCUT2D eigenvalue weighted by Crippen LogP contribution is -2.27. The first-order valence-corrected chi connectivity index (χ1v) is 13.3. The fourth-order valence-electron chi connectivity index (χ4n) is 5.51. The van der Waals surface area contributed by atoms with Crippen LogP contribution in [0.25, 0.3) is 44.3 Å². The van der Waals surface area contributed by atoms with Crippen LogP contribution in [0, 0.1) is 6.92 Å². The van der Waals surface area contributed by atoms with Gasteiger partial charge in [0, 0.05) is 35.2 Å². The number of carbonyl (C=O) groups is 1. The van der Waals surface area contributed by atoms with Gasteiger partial charge >= 0.3 is 0 Å². The maximum absolute atomic E-state index is 13.2. The molecule has 1 aliphatic heterocycles. The molecule has 0 saturated heterocycles. The number of ketones is 1. The Bertz CT molecular complexity index is 1730. The molecule has 0 radical (unpaired) electrons. The van der Waals surface area contributed by atoms with Crippen LogP contribution in [-0.4, -0.2) is 32.9 Å². The molecule has 3 aromatic heterocycles. The van der Waals surface area contributed by atoms with Crippen LogP contribution < -0.4 is 4.74 Å². The SMILES string of the molecule is CC(=O)[C@@H](OC(C)(C)C)c1c(C)cc2nc(-c3ccccn3)ccc2c1-c1ccc2c3c(ccnc13)CCO2. The van der Waals surface area contributed by atoms with Gasteiger partial charge in [0.1, 0.15) is 11.9 Å². The smallest absolute Gasteiger partial charge is 0.163 e.